The second-order valence-electron chi connectivity index (χ2n) is 8.51. The van der Waals surface area contributed by atoms with E-state index in [1.54, 1.807) is 0 Å². The van der Waals surface area contributed by atoms with Crippen molar-refractivity contribution in [3.63, 3.8) is 0 Å². The molecule has 146 valence electrons. The average Bonchev–Trinajstić information content (AvgIpc) is 3.48. The fourth-order valence-electron chi connectivity index (χ4n) is 5.41. The summed E-state index contributed by atoms with van der Waals surface area (Å²) >= 11 is 0. The van der Waals surface area contributed by atoms with Crippen molar-refractivity contribution in [2.75, 3.05) is 0 Å². The summed E-state index contributed by atoms with van der Waals surface area (Å²) < 4.78 is 6.20. The number of benzene rings is 3. The van der Waals surface area contributed by atoms with Crippen LogP contribution in [0.4, 0.5) is 0 Å². The van der Waals surface area contributed by atoms with Gasteiger partial charge in [-0.05, 0) is 48.4 Å². The van der Waals surface area contributed by atoms with Gasteiger partial charge in [0.2, 0.25) is 0 Å². The Morgan fingerprint density at radius 2 is 1.28 bits per heavy atom. The first-order valence-electron chi connectivity index (χ1n) is 10.8. The Morgan fingerprint density at radius 3 is 1.93 bits per heavy atom. The highest BCUT2D eigenvalue weighted by Gasteiger charge is 2.67. The molecular weight excluding hydrogens is 352 g/mol. The minimum absolute atomic E-state index is 0.233. The lowest BCUT2D eigenvalue weighted by atomic mass is 9.89. The van der Waals surface area contributed by atoms with Crippen molar-refractivity contribution in [3.8, 4) is 0 Å². The Balaban J connectivity index is 1.37. The van der Waals surface area contributed by atoms with Crippen molar-refractivity contribution in [2.45, 2.75) is 37.7 Å². The molecule has 3 aromatic carbocycles. The summed E-state index contributed by atoms with van der Waals surface area (Å²) in [7, 11) is 0. The first-order valence-corrected chi connectivity index (χ1v) is 10.8. The zero-order valence-corrected chi connectivity index (χ0v) is 16.8. The molecule has 1 saturated carbocycles. The van der Waals surface area contributed by atoms with Gasteiger partial charge in [0.25, 0.3) is 0 Å². The van der Waals surface area contributed by atoms with E-state index in [1.807, 2.05) is 6.26 Å². The molecule has 4 atom stereocenters. The molecule has 2 aliphatic rings. The van der Waals surface area contributed by atoms with Crippen molar-refractivity contribution in [1.29, 1.82) is 0 Å². The van der Waals surface area contributed by atoms with Crippen LogP contribution in [0.15, 0.2) is 103 Å². The van der Waals surface area contributed by atoms with Gasteiger partial charge in [0.15, 0.2) is 0 Å². The first kappa shape index (κ1) is 18.2. The Labute approximate surface area is 174 Å². The minimum atomic E-state index is 0.233. The lowest BCUT2D eigenvalue weighted by Gasteiger charge is -2.25. The summed E-state index contributed by atoms with van der Waals surface area (Å²) in [6, 6.07) is 32.8. The van der Waals surface area contributed by atoms with E-state index in [9.17, 15) is 0 Å². The van der Waals surface area contributed by atoms with Gasteiger partial charge in [0.05, 0.1) is 6.26 Å². The molecule has 1 heterocycles. The molecule has 1 fully saturated rings. The maximum Gasteiger partial charge on any atom is 0.102 e. The molecule has 3 aromatic rings. The summed E-state index contributed by atoms with van der Waals surface area (Å²) in [5.74, 6) is 1.13. The first-order chi connectivity index (χ1) is 14.4. The van der Waals surface area contributed by atoms with Gasteiger partial charge in [-0.2, -0.15) is 0 Å². The Morgan fingerprint density at radius 1 is 0.690 bits per heavy atom. The summed E-state index contributed by atoms with van der Waals surface area (Å²) in [6.45, 7) is 0. The lowest BCUT2D eigenvalue weighted by molar-refractivity contribution is 0.0871. The third kappa shape index (κ3) is 3.62. The van der Waals surface area contributed by atoms with E-state index in [1.165, 1.54) is 23.1 Å². The van der Waals surface area contributed by atoms with Gasteiger partial charge in [-0.25, -0.2) is 0 Å². The van der Waals surface area contributed by atoms with E-state index in [0.717, 1.165) is 19.3 Å². The predicted molar refractivity (Wildman–Crippen MR) is 119 cm³/mol. The van der Waals surface area contributed by atoms with Gasteiger partial charge in [-0.1, -0.05) is 91.0 Å². The van der Waals surface area contributed by atoms with E-state index in [2.05, 4.69) is 97.1 Å². The van der Waals surface area contributed by atoms with Crippen molar-refractivity contribution in [2.24, 2.45) is 11.3 Å². The Bertz CT molecular complexity index is 947. The van der Waals surface area contributed by atoms with Crippen LogP contribution < -0.4 is 0 Å². The minimum Gasteiger partial charge on any atom is -0.498 e. The van der Waals surface area contributed by atoms with E-state index >= 15 is 0 Å². The predicted octanol–water partition coefficient (Wildman–Crippen LogP) is 6.56. The molecule has 0 radical (unpaired) electrons. The molecule has 0 aromatic heterocycles. The van der Waals surface area contributed by atoms with Crippen LogP contribution in [0.3, 0.4) is 0 Å². The van der Waals surface area contributed by atoms with Gasteiger partial charge < -0.3 is 4.74 Å². The highest BCUT2D eigenvalue weighted by molar-refractivity contribution is 5.39. The normalized spacial score (nSPS) is 27.1. The number of hydrogen-bond acceptors (Lipinski definition) is 1. The lowest BCUT2D eigenvalue weighted by Crippen LogP contribution is -2.22. The molecule has 1 nitrogen and oxygen atoms in total. The molecule has 5 rings (SSSR count). The zero-order valence-electron chi connectivity index (χ0n) is 16.8. The highest BCUT2D eigenvalue weighted by atomic mass is 16.5. The van der Waals surface area contributed by atoms with Crippen LogP contribution in [0.5, 0.6) is 0 Å². The number of rotatable bonds is 7. The fourth-order valence-corrected chi connectivity index (χ4v) is 5.41. The quantitative estimate of drug-likeness (QED) is 0.451. The van der Waals surface area contributed by atoms with Crippen LogP contribution in [0.25, 0.3) is 0 Å². The van der Waals surface area contributed by atoms with Crippen molar-refractivity contribution in [3.05, 3.63) is 120 Å². The van der Waals surface area contributed by atoms with Crippen LogP contribution in [0, 0.1) is 11.3 Å². The van der Waals surface area contributed by atoms with Gasteiger partial charge in [0.1, 0.15) is 6.10 Å². The molecule has 0 amide bonds. The third-order valence-electron chi connectivity index (χ3n) is 6.89. The molecule has 0 unspecified atom stereocenters. The number of hydrogen-bond donors (Lipinski definition) is 0. The van der Waals surface area contributed by atoms with Gasteiger partial charge in [0, 0.05) is 17.3 Å². The second-order valence-corrected chi connectivity index (χ2v) is 8.51. The molecule has 0 bridgehead atoms. The molecular formula is C28H28O. The van der Waals surface area contributed by atoms with Crippen LogP contribution in [-0.4, -0.2) is 6.10 Å². The monoisotopic (exact) mass is 380 g/mol. The Hall–Kier alpha value is -2.80. The second kappa shape index (κ2) is 7.91. The molecule has 1 aliphatic carbocycles. The SMILES string of the molecule is C1=C[C@]2(CCc3ccccc3)[C@@H]([C@H]2c2ccccc2)[C@@H](CCc2ccccc2)O1. The fraction of sp³-hybridized carbons (Fsp3) is 0.286. The van der Waals surface area contributed by atoms with E-state index < -0.39 is 0 Å². The van der Waals surface area contributed by atoms with E-state index in [0.29, 0.717) is 17.9 Å². The van der Waals surface area contributed by atoms with E-state index in [4.69, 9.17) is 4.74 Å². The number of fused-ring (bicyclic) bond motifs is 1. The maximum atomic E-state index is 6.20. The van der Waals surface area contributed by atoms with Crippen molar-refractivity contribution in [1.82, 2.24) is 0 Å². The van der Waals surface area contributed by atoms with Crippen molar-refractivity contribution < 1.29 is 4.74 Å². The topological polar surface area (TPSA) is 9.23 Å². The van der Waals surface area contributed by atoms with Crippen LogP contribution in [0.1, 0.15) is 35.4 Å². The standard InChI is InChI=1S/C28H28O/c1-4-10-22(11-5-1)16-17-25-27-26(24-14-8-3-9-15-24)28(27,20-21-29-25)19-18-23-12-6-2-7-13-23/h1-15,20-21,25-27H,16-19H2/t25-,26-,27-,28+/m1/s1. The number of aryl methyl sites for hydroxylation is 2. The summed E-state index contributed by atoms with van der Waals surface area (Å²) in [6.07, 6.45) is 9.12. The molecule has 1 heteroatoms. The number of ether oxygens (including phenoxy) is 1. The van der Waals surface area contributed by atoms with Crippen LogP contribution in [-0.2, 0) is 17.6 Å². The molecule has 0 N–H and O–H groups in total. The molecule has 0 saturated heterocycles. The molecule has 0 spiro atoms. The summed E-state index contributed by atoms with van der Waals surface area (Å²) in [5.41, 5.74) is 4.53. The van der Waals surface area contributed by atoms with Crippen molar-refractivity contribution >= 4 is 0 Å². The van der Waals surface area contributed by atoms with Gasteiger partial charge in [-0.3, -0.25) is 0 Å². The van der Waals surface area contributed by atoms with Crippen LogP contribution >= 0.6 is 0 Å². The average molecular weight is 381 g/mol. The zero-order chi connectivity index (χ0) is 19.5. The molecule has 1 aliphatic heterocycles. The maximum absolute atomic E-state index is 6.20. The van der Waals surface area contributed by atoms with Gasteiger partial charge in [-0.15, -0.1) is 0 Å². The smallest absolute Gasteiger partial charge is 0.102 e. The Kier molecular flexibility index (Phi) is 4.97. The largest absolute Gasteiger partial charge is 0.498 e. The van der Waals surface area contributed by atoms with Crippen LogP contribution in [0.2, 0.25) is 0 Å². The highest BCUT2D eigenvalue weighted by Crippen LogP contribution is 2.71. The number of allylic oxidation sites excluding steroid dienone is 1. The van der Waals surface area contributed by atoms with Gasteiger partial charge >= 0.3 is 0 Å². The molecule has 29 heavy (non-hydrogen) atoms. The summed E-state index contributed by atoms with van der Waals surface area (Å²) in [4.78, 5) is 0. The third-order valence-corrected chi connectivity index (χ3v) is 6.89. The van der Waals surface area contributed by atoms with E-state index in [-0.39, 0.29) is 5.41 Å². The summed E-state index contributed by atoms with van der Waals surface area (Å²) in [5, 5.41) is 0.